The molecule has 0 spiro atoms. The van der Waals surface area contributed by atoms with Gasteiger partial charge >= 0.3 is 0 Å². The van der Waals surface area contributed by atoms with Crippen LogP contribution in [0.1, 0.15) is 34.6 Å². The van der Waals surface area contributed by atoms with Gasteiger partial charge in [-0.25, -0.2) is 0 Å². The lowest BCUT2D eigenvalue weighted by atomic mass is 9.94. The van der Waals surface area contributed by atoms with Crippen molar-refractivity contribution in [3.63, 3.8) is 0 Å². The second-order valence-electron chi connectivity index (χ2n) is 8.26. The second kappa shape index (κ2) is 11.9. The van der Waals surface area contributed by atoms with Crippen LogP contribution in [0, 0.1) is 0 Å². The summed E-state index contributed by atoms with van der Waals surface area (Å²) in [4.78, 5) is 18.3. The van der Waals surface area contributed by atoms with Gasteiger partial charge in [0.25, 0.3) is 0 Å². The van der Waals surface area contributed by atoms with E-state index in [4.69, 9.17) is 64.4 Å². The van der Waals surface area contributed by atoms with Crippen molar-refractivity contribution in [1.82, 2.24) is 5.32 Å². The fourth-order valence-electron chi connectivity index (χ4n) is 4.01. The number of amidine groups is 1. The number of amides is 1. The van der Waals surface area contributed by atoms with E-state index < -0.39 is 5.92 Å². The first kappa shape index (κ1) is 26.9. The number of nitrogens with zero attached hydrogens (tertiary/aromatic N) is 1. The maximum Gasteiger partial charge on any atom is 0.231 e. The van der Waals surface area contributed by atoms with Crippen LogP contribution in [0.15, 0.2) is 59.6 Å². The maximum absolute atomic E-state index is 13.2. The minimum Gasteiger partial charge on any atom is -0.331 e. The highest BCUT2D eigenvalue weighted by Gasteiger charge is 2.22. The van der Waals surface area contributed by atoms with E-state index in [2.05, 4.69) is 15.6 Å². The molecule has 0 saturated carbocycles. The molecular weight excluding hydrogens is 558 g/mol. The molecule has 4 rings (SSSR count). The maximum atomic E-state index is 13.2. The number of rotatable bonds is 6. The monoisotopic (exact) mass is 578 g/mol. The topological polar surface area (TPSA) is 79.5 Å². The van der Waals surface area contributed by atoms with Crippen LogP contribution in [0.25, 0.3) is 0 Å². The Labute approximate surface area is 235 Å². The van der Waals surface area contributed by atoms with Gasteiger partial charge in [-0.05, 0) is 73.0 Å². The molecular formula is C26H22Cl4N4OS. The molecule has 1 unspecified atom stereocenters. The molecule has 0 fully saturated rings. The number of carbonyl (C=O) groups excluding carboxylic acids is 1. The zero-order valence-electron chi connectivity index (χ0n) is 19.0. The molecule has 1 atom stereocenters. The van der Waals surface area contributed by atoms with Gasteiger partial charge in [-0.1, -0.05) is 70.8 Å². The van der Waals surface area contributed by atoms with Gasteiger partial charge in [-0.15, -0.1) is 0 Å². The molecule has 4 N–H and O–H groups in total. The molecule has 36 heavy (non-hydrogen) atoms. The highest BCUT2D eigenvalue weighted by molar-refractivity contribution is 7.80. The Bertz CT molecular complexity index is 1340. The molecule has 0 radical (unpaired) electrons. The number of nitrogens with one attached hydrogen (secondary N) is 2. The standard InChI is InChI=1S/C26H22Cl4N4OS/c27-17-9-16(10-18(28)12-17)26(36)34-24-21-13-19(3-1-14(21)6-8-32-24)33-25(35)20(5-7-31)15-2-4-22(29)23(30)11-15/h1-4,9-13,20H,5-8,31H2,(H,33,35)(H,32,34,36). The average molecular weight is 580 g/mol. The van der Waals surface area contributed by atoms with Gasteiger partial charge in [0.1, 0.15) is 10.8 Å². The predicted molar refractivity (Wildman–Crippen MR) is 154 cm³/mol. The largest absolute Gasteiger partial charge is 0.331 e. The van der Waals surface area contributed by atoms with E-state index >= 15 is 0 Å². The first-order valence-corrected chi connectivity index (χ1v) is 13.1. The smallest absolute Gasteiger partial charge is 0.231 e. The number of benzene rings is 3. The van der Waals surface area contributed by atoms with Crippen LogP contribution in [-0.4, -0.2) is 29.8 Å². The summed E-state index contributed by atoms with van der Waals surface area (Å²) in [7, 11) is 0. The molecule has 0 aliphatic carbocycles. The number of anilines is 1. The summed E-state index contributed by atoms with van der Waals surface area (Å²) in [5, 5.41) is 8.03. The van der Waals surface area contributed by atoms with E-state index in [1.807, 2.05) is 18.2 Å². The molecule has 3 aromatic carbocycles. The van der Waals surface area contributed by atoms with Gasteiger partial charge < -0.3 is 16.4 Å². The van der Waals surface area contributed by atoms with E-state index in [0.717, 1.165) is 23.1 Å². The third-order valence-electron chi connectivity index (χ3n) is 5.76. The van der Waals surface area contributed by atoms with Crippen LogP contribution in [-0.2, 0) is 11.2 Å². The van der Waals surface area contributed by atoms with E-state index in [9.17, 15) is 4.79 Å². The van der Waals surface area contributed by atoms with E-state index in [1.165, 1.54) is 0 Å². The molecule has 3 aromatic rings. The Hall–Kier alpha value is -2.19. The number of carbonyl (C=O) groups is 1. The van der Waals surface area contributed by atoms with Gasteiger partial charge in [0.2, 0.25) is 5.91 Å². The van der Waals surface area contributed by atoms with Crippen molar-refractivity contribution in [2.24, 2.45) is 10.7 Å². The molecule has 1 aliphatic rings. The van der Waals surface area contributed by atoms with Crippen molar-refractivity contribution in [1.29, 1.82) is 0 Å². The quantitative estimate of drug-likeness (QED) is 0.286. The van der Waals surface area contributed by atoms with E-state index in [0.29, 0.717) is 61.7 Å². The van der Waals surface area contributed by atoms with Crippen molar-refractivity contribution in [2.75, 3.05) is 18.4 Å². The van der Waals surface area contributed by atoms with Gasteiger partial charge in [-0.3, -0.25) is 9.79 Å². The molecule has 0 aromatic heterocycles. The number of thiocarbonyl (C=S) groups is 1. The molecule has 5 nitrogen and oxygen atoms in total. The Morgan fingerprint density at radius 2 is 1.72 bits per heavy atom. The summed E-state index contributed by atoms with van der Waals surface area (Å²) in [6, 6.07) is 16.1. The highest BCUT2D eigenvalue weighted by atomic mass is 35.5. The molecule has 1 amide bonds. The Balaban J connectivity index is 1.55. The minimum atomic E-state index is -0.479. The molecule has 1 heterocycles. The van der Waals surface area contributed by atoms with Gasteiger partial charge in [-0.2, -0.15) is 0 Å². The number of nitrogens with two attached hydrogens (primary N) is 1. The van der Waals surface area contributed by atoms with Gasteiger partial charge in [0, 0.05) is 33.4 Å². The summed E-state index contributed by atoms with van der Waals surface area (Å²) in [5.74, 6) is -0.0474. The second-order valence-corrected chi connectivity index (χ2v) is 10.4. The minimum absolute atomic E-state index is 0.190. The highest BCUT2D eigenvalue weighted by Crippen LogP contribution is 2.29. The number of hydrogen-bond donors (Lipinski definition) is 3. The van der Waals surface area contributed by atoms with Gasteiger partial charge in [0.15, 0.2) is 0 Å². The normalized spacial score (nSPS) is 13.4. The molecule has 0 saturated heterocycles. The Kier molecular flexibility index (Phi) is 8.88. The van der Waals surface area contributed by atoms with E-state index in [-0.39, 0.29) is 5.91 Å². The van der Waals surface area contributed by atoms with Crippen LogP contribution >= 0.6 is 58.6 Å². The third kappa shape index (κ3) is 6.38. The zero-order chi connectivity index (χ0) is 25.8. The summed E-state index contributed by atoms with van der Waals surface area (Å²) in [6.45, 7) is 0.962. The first-order chi connectivity index (χ1) is 17.2. The summed E-state index contributed by atoms with van der Waals surface area (Å²) >= 11 is 30.1. The zero-order valence-corrected chi connectivity index (χ0v) is 22.8. The number of fused-ring (bicyclic) bond motifs is 1. The van der Waals surface area contributed by atoms with Crippen molar-refractivity contribution in [3.8, 4) is 0 Å². The van der Waals surface area contributed by atoms with E-state index in [1.54, 1.807) is 36.4 Å². The number of hydrogen-bond acceptors (Lipinski definition) is 4. The molecule has 10 heteroatoms. The summed E-state index contributed by atoms with van der Waals surface area (Å²) in [6.07, 6.45) is 1.24. The van der Waals surface area contributed by atoms with Crippen LogP contribution in [0.5, 0.6) is 0 Å². The summed E-state index contributed by atoms with van der Waals surface area (Å²) < 4.78 is 0. The lowest BCUT2D eigenvalue weighted by Crippen LogP contribution is -2.33. The summed E-state index contributed by atoms with van der Waals surface area (Å²) in [5.41, 5.74) is 9.83. The predicted octanol–water partition coefficient (Wildman–Crippen LogP) is 6.64. The third-order valence-corrected chi connectivity index (χ3v) is 7.27. The average Bonchev–Trinajstić information content (AvgIpc) is 2.84. The first-order valence-electron chi connectivity index (χ1n) is 11.2. The number of aliphatic imine (C=N–C) groups is 1. The van der Waals surface area contributed by atoms with Crippen LogP contribution in [0.4, 0.5) is 5.69 Å². The Morgan fingerprint density at radius 1 is 0.972 bits per heavy atom. The molecule has 1 aliphatic heterocycles. The van der Waals surface area contributed by atoms with Gasteiger partial charge in [0.05, 0.1) is 16.0 Å². The molecule has 186 valence electrons. The van der Waals surface area contributed by atoms with Crippen LogP contribution < -0.4 is 16.4 Å². The Morgan fingerprint density at radius 3 is 2.42 bits per heavy atom. The fourth-order valence-corrected chi connectivity index (χ4v) is 5.06. The van der Waals surface area contributed by atoms with Crippen LogP contribution in [0.2, 0.25) is 20.1 Å². The van der Waals surface area contributed by atoms with Crippen molar-refractivity contribution < 1.29 is 4.79 Å². The SMILES string of the molecule is NCCC(C(=O)Nc1ccc2c(c1)C(NC(=S)c1cc(Cl)cc(Cl)c1)=NCC2)c1ccc(Cl)c(Cl)c1. The molecule has 0 bridgehead atoms. The lowest BCUT2D eigenvalue weighted by Gasteiger charge is -2.21. The number of halogens is 4. The lowest BCUT2D eigenvalue weighted by molar-refractivity contribution is -0.117. The fraction of sp³-hybridized carbons (Fsp3) is 0.192. The van der Waals surface area contributed by atoms with Crippen molar-refractivity contribution in [3.05, 3.63) is 96.9 Å². The van der Waals surface area contributed by atoms with Crippen molar-refractivity contribution >= 4 is 81.0 Å². The van der Waals surface area contributed by atoms with Crippen LogP contribution in [0.3, 0.4) is 0 Å². The van der Waals surface area contributed by atoms with Crippen molar-refractivity contribution in [2.45, 2.75) is 18.8 Å².